The molecule has 0 radical (unpaired) electrons. The standard InChI is InChI=1S/C21H26N6/c1-4-27(5-2)19-13-11-18(12-14-19)23-21-24-20(15-22-25-21)26(3)16-17-9-7-6-8-10-17/h6-15H,4-5,16H2,1-3H3,(H,23,24,25). The molecule has 0 aliphatic carbocycles. The maximum absolute atomic E-state index is 4.58. The van der Waals surface area contributed by atoms with Crippen molar-refractivity contribution in [3.8, 4) is 0 Å². The summed E-state index contributed by atoms with van der Waals surface area (Å²) in [6, 6.07) is 18.6. The van der Waals surface area contributed by atoms with Crippen molar-refractivity contribution in [1.29, 1.82) is 0 Å². The fourth-order valence-corrected chi connectivity index (χ4v) is 2.94. The molecule has 27 heavy (non-hydrogen) atoms. The smallest absolute Gasteiger partial charge is 0.249 e. The van der Waals surface area contributed by atoms with Crippen molar-refractivity contribution in [2.24, 2.45) is 0 Å². The molecule has 6 heteroatoms. The van der Waals surface area contributed by atoms with Crippen LogP contribution in [0.15, 0.2) is 60.8 Å². The second-order valence-electron chi connectivity index (χ2n) is 6.32. The van der Waals surface area contributed by atoms with Gasteiger partial charge in [-0.1, -0.05) is 30.3 Å². The van der Waals surface area contributed by atoms with Crippen molar-refractivity contribution < 1.29 is 0 Å². The first-order valence-electron chi connectivity index (χ1n) is 9.26. The summed E-state index contributed by atoms with van der Waals surface area (Å²) in [6.45, 7) is 7.06. The van der Waals surface area contributed by atoms with E-state index in [1.165, 1.54) is 11.3 Å². The molecule has 3 aromatic rings. The van der Waals surface area contributed by atoms with E-state index in [1.807, 2.05) is 37.4 Å². The van der Waals surface area contributed by atoms with Crippen LogP contribution in [-0.2, 0) is 6.54 Å². The predicted octanol–water partition coefficient (Wildman–Crippen LogP) is 4.10. The van der Waals surface area contributed by atoms with Crippen LogP contribution in [0.3, 0.4) is 0 Å². The van der Waals surface area contributed by atoms with Crippen molar-refractivity contribution in [2.45, 2.75) is 20.4 Å². The third-order valence-corrected chi connectivity index (χ3v) is 4.45. The van der Waals surface area contributed by atoms with Crippen LogP contribution >= 0.6 is 0 Å². The van der Waals surface area contributed by atoms with E-state index in [-0.39, 0.29) is 0 Å². The number of aromatic nitrogens is 3. The van der Waals surface area contributed by atoms with E-state index in [9.17, 15) is 0 Å². The van der Waals surface area contributed by atoms with Crippen molar-refractivity contribution in [3.63, 3.8) is 0 Å². The molecular formula is C21H26N6. The molecule has 6 nitrogen and oxygen atoms in total. The van der Waals surface area contributed by atoms with E-state index in [1.54, 1.807) is 6.20 Å². The van der Waals surface area contributed by atoms with Crippen LogP contribution in [0.5, 0.6) is 0 Å². The average Bonchev–Trinajstić information content (AvgIpc) is 2.71. The molecule has 0 saturated carbocycles. The maximum Gasteiger partial charge on any atom is 0.249 e. The van der Waals surface area contributed by atoms with E-state index in [2.05, 4.69) is 68.4 Å². The van der Waals surface area contributed by atoms with E-state index in [0.717, 1.165) is 31.1 Å². The number of hydrogen-bond acceptors (Lipinski definition) is 6. The monoisotopic (exact) mass is 362 g/mol. The number of nitrogens with zero attached hydrogens (tertiary/aromatic N) is 5. The maximum atomic E-state index is 4.58. The van der Waals surface area contributed by atoms with Crippen molar-refractivity contribution in [2.75, 3.05) is 35.3 Å². The Morgan fingerprint density at radius 2 is 1.63 bits per heavy atom. The summed E-state index contributed by atoms with van der Waals surface area (Å²) in [5.74, 6) is 1.26. The first-order valence-corrected chi connectivity index (χ1v) is 9.26. The Morgan fingerprint density at radius 3 is 2.30 bits per heavy atom. The van der Waals surface area contributed by atoms with E-state index in [0.29, 0.717) is 5.95 Å². The number of rotatable bonds is 8. The zero-order valence-electron chi connectivity index (χ0n) is 16.1. The second-order valence-corrected chi connectivity index (χ2v) is 6.32. The summed E-state index contributed by atoms with van der Waals surface area (Å²) in [6.07, 6.45) is 1.68. The molecule has 1 N–H and O–H groups in total. The van der Waals surface area contributed by atoms with Crippen LogP contribution in [0.25, 0.3) is 0 Å². The first kappa shape index (κ1) is 18.6. The number of nitrogens with one attached hydrogen (secondary N) is 1. The normalized spacial score (nSPS) is 10.5. The van der Waals surface area contributed by atoms with Gasteiger partial charge in [-0.15, -0.1) is 5.10 Å². The minimum Gasteiger partial charge on any atom is -0.372 e. The van der Waals surface area contributed by atoms with Crippen LogP contribution in [0, 0.1) is 0 Å². The third kappa shape index (κ3) is 4.94. The van der Waals surface area contributed by atoms with Crippen LogP contribution in [0.4, 0.5) is 23.1 Å². The molecule has 0 atom stereocenters. The Hall–Kier alpha value is -3.15. The van der Waals surface area contributed by atoms with Crippen molar-refractivity contribution in [1.82, 2.24) is 15.2 Å². The number of benzene rings is 2. The topological polar surface area (TPSA) is 57.2 Å². The third-order valence-electron chi connectivity index (χ3n) is 4.45. The molecule has 0 bridgehead atoms. The summed E-state index contributed by atoms with van der Waals surface area (Å²) in [5, 5.41) is 11.4. The number of anilines is 4. The first-order chi connectivity index (χ1) is 13.2. The fraction of sp³-hybridized carbons (Fsp3) is 0.286. The van der Waals surface area contributed by atoms with Gasteiger partial charge < -0.3 is 15.1 Å². The lowest BCUT2D eigenvalue weighted by Crippen LogP contribution is -2.21. The molecule has 0 amide bonds. The highest BCUT2D eigenvalue weighted by molar-refractivity contribution is 5.59. The van der Waals surface area contributed by atoms with Gasteiger partial charge in [0.25, 0.3) is 0 Å². The van der Waals surface area contributed by atoms with Gasteiger partial charge in [0.15, 0.2) is 5.82 Å². The van der Waals surface area contributed by atoms with Gasteiger partial charge in [0, 0.05) is 38.1 Å². The lowest BCUT2D eigenvalue weighted by atomic mass is 10.2. The minimum absolute atomic E-state index is 0.489. The van der Waals surface area contributed by atoms with Gasteiger partial charge in [-0.25, -0.2) is 0 Å². The van der Waals surface area contributed by atoms with Crippen LogP contribution in [0.2, 0.25) is 0 Å². The highest BCUT2D eigenvalue weighted by Gasteiger charge is 2.07. The molecule has 0 aliphatic heterocycles. The van der Waals surface area contributed by atoms with Gasteiger partial charge in [0.05, 0.1) is 6.20 Å². The van der Waals surface area contributed by atoms with E-state index in [4.69, 9.17) is 0 Å². The Morgan fingerprint density at radius 1 is 0.926 bits per heavy atom. The molecule has 0 unspecified atom stereocenters. The highest BCUT2D eigenvalue weighted by atomic mass is 15.3. The van der Waals surface area contributed by atoms with Crippen LogP contribution < -0.4 is 15.1 Å². The Labute approximate surface area is 160 Å². The van der Waals surface area contributed by atoms with Crippen LogP contribution in [0.1, 0.15) is 19.4 Å². The molecule has 1 aromatic heterocycles. The summed E-state index contributed by atoms with van der Waals surface area (Å²) in [5.41, 5.74) is 3.37. The zero-order valence-corrected chi connectivity index (χ0v) is 16.1. The van der Waals surface area contributed by atoms with Gasteiger partial charge in [0.2, 0.25) is 5.95 Å². The van der Waals surface area contributed by atoms with E-state index < -0.39 is 0 Å². The minimum atomic E-state index is 0.489. The summed E-state index contributed by atoms with van der Waals surface area (Å²) >= 11 is 0. The highest BCUT2D eigenvalue weighted by Crippen LogP contribution is 2.20. The Balaban J connectivity index is 1.68. The van der Waals surface area contributed by atoms with Crippen LogP contribution in [-0.4, -0.2) is 35.3 Å². The molecular weight excluding hydrogens is 336 g/mol. The molecule has 0 fully saturated rings. The summed E-state index contributed by atoms with van der Waals surface area (Å²) in [7, 11) is 2.00. The zero-order chi connectivity index (χ0) is 19.1. The Kier molecular flexibility index (Phi) is 6.20. The molecule has 3 rings (SSSR count). The molecule has 2 aromatic carbocycles. The average molecular weight is 362 g/mol. The lowest BCUT2D eigenvalue weighted by Gasteiger charge is -2.21. The van der Waals surface area contributed by atoms with Crippen molar-refractivity contribution >= 4 is 23.1 Å². The van der Waals surface area contributed by atoms with Gasteiger partial charge >= 0.3 is 0 Å². The molecule has 0 saturated heterocycles. The van der Waals surface area contributed by atoms with Gasteiger partial charge in [-0.05, 0) is 43.7 Å². The molecule has 0 spiro atoms. The number of hydrogen-bond donors (Lipinski definition) is 1. The van der Waals surface area contributed by atoms with E-state index >= 15 is 0 Å². The summed E-state index contributed by atoms with van der Waals surface area (Å²) in [4.78, 5) is 8.95. The largest absolute Gasteiger partial charge is 0.372 e. The quantitative estimate of drug-likeness (QED) is 0.651. The SMILES string of the molecule is CCN(CC)c1ccc(Nc2nncc(N(C)Cc3ccccc3)n2)cc1. The predicted molar refractivity (Wildman–Crippen MR) is 112 cm³/mol. The fourth-order valence-electron chi connectivity index (χ4n) is 2.94. The second kappa shape index (κ2) is 8.98. The molecule has 140 valence electrons. The van der Waals surface area contributed by atoms with Gasteiger partial charge in [-0.3, -0.25) is 0 Å². The Bertz CT molecular complexity index is 831. The van der Waals surface area contributed by atoms with Gasteiger partial charge in [0.1, 0.15) is 0 Å². The van der Waals surface area contributed by atoms with Gasteiger partial charge in [-0.2, -0.15) is 10.1 Å². The lowest BCUT2D eigenvalue weighted by molar-refractivity contribution is 0.865. The molecule has 1 heterocycles. The van der Waals surface area contributed by atoms with Crippen molar-refractivity contribution in [3.05, 3.63) is 66.4 Å². The summed E-state index contributed by atoms with van der Waals surface area (Å²) < 4.78 is 0. The molecule has 0 aliphatic rings.